The Balaban J connectivity index is 1.36. The number of carbonyl (C=O) groups is 2. The first-order chi connectivity index (χ1) is 14.0. The zero-order chi connectivity index (χ0) is 20.4. The predicted octanol–water partition coefficient (Wildman–Crippen LogP) is 2.23. The number of rotatable bonds is 6. The van der Waals surface area contributed by atoms with Crippen LogP contribution >= 0.6 is 0 Å². The van der Waals surface area contributed by atoms with Crippen molar-refractivity contribution >= 4 is 11.8 Å². The highest BCUT2D eigenvalue weighted by Gasteiger charge is 2.54. The number of carbonyl (C=O) groups excluding carboxylic acids is 2. The number of aryl methyl sites for hydroxylation is 3. The Morgan fingerprint density at radius 2 is 2.00 bits per heavy atom. The number of pyridine rings is 1. The average molecular weight is 396 g/mol. The Kier molecular flexibility index (Phi) is 5.39. The van der Waals surface area contributed by atoms with E-state index in [1.165, 1.54) is 0 Å². The lowest BCUT2D eigenvalue weighted by atomic mass is 9.62. The monoisotopic (exact) mass is 395 g/mol. The SMILES string of the molecule is Cc1cc(C)n(CCC(=O)N2CC(C(=O)NCc3ccncc3)C3(CCC3)C2)n1. The van der Waals surface area contributed by atoms with E-state index in [-0.39, 0.29) is 23.1 Å². The Labute approximate surface area is 171 Å². The van der Waals surface area contributed by atoms with E-state index in [1.807, 2.05) is 41.6 Å². The molecule has 1 aliphatic heterocycles. The summed E-state index contributed by atoms with van der Waals surface area (Å²) in [4.78, 5) is 31.7. The van der Waals surface area contributed by atoms with E-state index in [0.29, 0.717) is 32.6 Å². The van der Waals surface area contributed by atoms with E-state index < -0.39 is 0 Å². The van der Waals surface area contributed by atoms with Crippen LogP contribution in [-0.4, -0.2) is 44.6 Å². The number of hydrogen-bond donors (Lipinski definition) is 1. The maximum atomic E-state index is 12.9. The van der Waals surface area contributed by atoms with Crippen LogP contribution in [0.2, 0.25) is 0 Å². The number of nitrogens with zero attached hydrogens (tertiary/aromatic N) is 4. The van der Waals surface area contributed by atoms with Crippen LogP contribution in [0.4, 0.5) is 0 Å². The van der Waals surface area contributed by atoms with Gasteiger partial charge in [0, 0.05) is 56.1 Å². The number of nitrogens with one attached hydrogen (secondary N) is 1. The number of likely N-dealkylation sites (tertiary alicyclic amines) is 1. The molecule has 4 rings (SSSR count). The molecule has 0 radical (unpaired) electrons. The molecule has 3 heterocycles. The van der Waals surface area contributed by atoms with Gasteiger partial charge in [-0.15, -0.1) is 0 Å². The Morgan fingerprint density at radius 3 is 2.62 bits per heavy atom. The van der Waals surface area contributed by atoms with Gasteiger partial charge in [-0.05, 0) is 50.5 Å². The van der Waals surface area contributed by atoms with Gasteiger partial charge in [0.2, 0.25) is 11.8 Å². The topological polar surface area (TPSA) is 80.1 Å². The first-order valence-corrected chi connectivity index (χ1v) is 10.4. The molecule has 2 amide bonds. The molecule has 0 aromatic carbocycles. The molecular formula is C22H29N5O2. The van der Waals surface area contributed by atoms with Crippen molar-refractivity contribution in [2.45, 2.75) is 52.6 Å². The molecule has 7 nitrogen and oxygen atoms in total. The second kappa shape index (κ2) is 7.97. The summed E-state index contributed by atoms with van der Waals surface area (Å²) >= 11 is 0. The van der Waals surface area contributed by atoms with Crippen molar-refractivity contribution < 1.29 is 9.59 Å². The van der Waals surface area contributed by atoms with Crippen molar-refractivity contribution in [3.8, 4) is 0 Å². The van der Waals surface area contributed by atoms with Gasteiger partial charge in [0.15, 0.2) is 0 Å². The largest absolute Gasteiger partial charge is 0.352 e. The van der Waals surface area contributed by atoms with Gasteiger partial charge < -0.3 is 10.2 Å². The molecule has 1 saturated carbocycles. The van der Waals surface area contributed by atoms with E-state index in [0.717, 1.165) is 36.2 Å². The molecule has 7 heteroatoms. The van der Waals surface area contributed by atoms with E-state index >= 15 is 0 Å². The lowest BCUT2D eigenvalue weighted by Gasteiger charge is -2.41. The molecule has 1 unspecified atom stereocenters. The van der Waals surface area contributed by atoms with Crippen molar-refractivity contribution in [2.24, 2.45) is 11.3 Å². The Bertz CT molecular complexity index is 888. The Morgan fingerprint density at radius 1 is 1.24 bits per heavy atom. The molecule has 1 N–H and O–H groups in total. The highest BCUT2D eigenvalue weighted by atomic mass is 16.2. The van der Waals surface area contributed by atoms with E-state index in [1.54, 1.807) is 12.4 Å². The van der Waals surface area contributed by atoms with Crippen molar-refractivity contribution in [1.82, 2.24) is 25.0 Å². The lowest BCUT2D eigenvalue weighted by Crippen LogP contribution is -2.45. The number of hydrogen-bond acceptors (Lipinski definition) is 4. The molecular weight excluding hydrogens is 366 g/mol. The van der Waals surface area contributed by atoms with Gasteiger partial charge in [-0.2, -0.15) is 5.10 Å². The molecule has 2 fully saturated rings. The maximum Gasteiger partial charge on any atom is 0.225 e. The Hall–Kier alpha value is -2.70. The van der Waals surface area contributed by atoms with Gasteiger partial charge in [-0.1, -0.05) is 6.42 Å². The second-order valence-electron chi connectivity index (χ2n) is 8.52. The van der Waals surface area contributed by atoms with Gasteiger partial charge in [0.05, 0.1) is 11.6 Å². The third kappa shape index (κ3) is 4.04. The highest BCUT2D eigenvalue weighted by Crippen LogP contribution is 2.51. The minimum atomic E-state index is -0.115. The average Bonchev–Trinajstić information content (AvgIpc) is 3.25. The highest BCUT2D eigenvalue weighted by molar-refractivity contribution is 5.83. The summed E-state index contributed by atoms with van der Waals surface area (Å²) < 4.78 is 1.89. The second-order valence-corrected chi connectivity index (χ2v) is 8.52. The summed E-state index contributed by atoms with van der Waals surface area (Å²) in [5.74, 6) is 0.0688. The van der Waals surface area contributed by atoms with Crippen LogP contribution in [0.3, 0.4) is 0 Å². The van der Waals surface area contributed by atoms with E-state index in [2.05, 4.69) is 15.4 Å². The van der Waals surface area contributed by atoms with Crippen molar-refractivity contribution in [2.75, 3.05) is 13.1 Å². The first kappa shape index (κ1) is 19.6. The van der Waals surface area contributed by atoms with Crippen molar-refractivity contribution in [3.63, 3.8) is 0 Å². The quantitative estimate of drug-likeness (QED) is 0.813. The molecule has 1 atom stereocenters. The summed E-state index contributed by atoms with van der Waals surface area (Å²) in [6.07, 6.45) is 7.08. The smallest absolute Gasteiger partial charge is 0.225 e. The predicted molar refractivity (Wildman–Crippen MR) is 109 cm³/mol. The summed E-state index contributed by atoms with van der Waals surface area (Å²) in [6.45, 7) is 6.28. The van der Waals surface area contributed by atoms with Gasteiger partial charge in [0.1, 0.15) is 0 Å². The van der Waals surface area contributed by atoms with Crippen LogP contribution < -0.4 is 5.32 Å². The van der Waals surface area contributed by atoms with Gasteiger partial charge in [-0.3, -0.25) is 19.3 Å². The molecule has 1 aliphatic carbocycles. The van der Waals surface area contributed by atoms with Crippen molar-refractivity contribution in [1.29, 1.82) is 0 Å². The normalized spacial score (nSPS) is 19.9. The molecule has 29 heavy (non-hydrogen) atoms. The lowest BCUT2D eigenvalue weighted by molar-refractivity contribution is -0.131. The fourth-order valence-corrected chi connectivity index (χ4v) is 4.73. The summed E-state index contributed by atoms with van der Waals surface area (Å²) in [5, 5.41) is 7.51. The van der Waals surface area contributed by atoms with Crippen LogP contribution in [0, 0.1) is 25.2 Å². The number of aromatic nitrogens is 3. The van der Waals surface area contributed by atoms with Gasteiger partial charge >= 0.3 is 0 Å². The molecule has 1 saturated heterocycles. The van der Waals surface area contributed by atoms with Crippen LogP contribution in [0.25, 0.3) is 0 Å². The molecule has 2 aromatic rings. The molecule has 0 bridgehead atoms. The van der Waals surface area contributed by atoms with Crippen LogP contribution in [0.1, 0.15) is 42.6 Å². The number of amides is 2. The van der Waals surface area contributed by atoms with Gasteiger partial charge in [0.25, 0.3) is 0 Å². The zero-order valence-electron chi connectivity index (χ0n) is 17.2. The molecule has 1 spiro atoms. The third-order valence-electron chi connectivity index (χ3n) is 6.52. The van der Waals surface area contributed by atoms with E-state index in [9.17, 15) is 9.59 Å². The van der Waals surface area contributed by atoms with Crippen LogP contribution in [0.15, 0.2) is 30.6 Å². The van der Waals surface area contributed by atoms with Crippen LogP contribution in [0.5, 0.6) is 0 Å². The molecule has 2 aromatic heterocycles. The van der Waals surface area contributed by atoms with E-state index in [4.69, 9.17) is 0 Å². The third-order valence-corrected chi connectivity index (χ3v) is 6.52. The van der Waals surface area contributed by atoms with Crippen molar-refractivity contribution in [3.05, 3.63) is 47.5 Å². The summed E-state index contributed by atoms with van der Waals surface area (Å²) in [6, 6.07) is 5.83. The summed E-state index contributed by atoms with van der Waals surface area (Å²) in [7, 11) is 0. The first-order valence-electron chi connectivity index (χ1n) is 10.4. The fourth-order valence-electron chi connectivity index (χ4n) is 4.73. The zero-order valence-corrected chi connectivity index (χ0v) is 17.2. The molecule has 154 valence electrons. The molecule has 2 aliphatic rings. The fraction of sp³-hybridized carbons (Fsp3) is 0.545. The minimum Gasteiger partial charge on any atom is -0.352 e. The van der Waals surface area contributed by atoms with Gasteiger partial charge in [-0.25, -0.2) is 0 Å². The van der Waals surface area contributed by atoms with Crippen LogP contribution in [-0.2, 0) is 22.7 Å². The maximum absolute atomic E-state index is 12.9. The summed E-state index contributed by atoms with van der Waals surface area (Å²) in [5.41, 5.74) is 3.04. The standard InChI is InChI=1S/C22H29N5O2/c1-16-12-17(2)27(25-16)11-6-20(28)26-14-19(22(15-26)7-3-8-22)21(29)24-13-18-4-9-23-10-5-18/h4-5,9-10,12,19H,3,6-8,11,13-15H2,1-2H3,(H,24,29). The minimum absolute atomic E-state index is 0.0316.